The van der Waals surface area contributed by atoms with Crippen molar-refractivity contribution < 1.29 is 17.6 Å². The normalized spacial score (nSPS) is 11.6. The van der Waals surface area contributed by atoms with Gasteiger partial charge in [0.05, 0.1) is 5.69 Å². The molecule has 0 aliphatic heterocycles. The molecule has 1 N–H and O–H groups in total. The van der Waals surface area contributed by atoms with Crippen molar-refractivity contribution in [2.75, 3.05) is 6.54 Å². The van der Waals surface area contributed by atoms with E-state index in [4.69, 9.17) is 4.42 Å². The van der Waals surface area contributed by atoms with Crippen molar-refractivity contribution in [3.63, 3.8) is 0 Å². The van der Waals surface area contributed by atoms with E-state index >= 15 is 0 Å². The number of nitrogens with zero attached hydrogens (tertiary/aromatic N) is 2. The molecule has 0 unspecified atom stereocenters. The number of rotatable bonds is 6. The van der Waals surface area contributed by atoms with Gasteiger partial charge >= 0.3 is 0 Å². The molecule has 2 rings (SSSR count). The largest absolute Gasteiger partial charge is 0.440 e. The summed E-state index contributed by atoms with van der Waals surface area (Å²) in [5.74, 6) is -0.0231. The summed E-state index contributed by atoms with van der Waals surface area (Å²) >= 11 is 0. The predicted octanol–water partition coefficient (Wildman–Crippen LogP) is 0.347. The molecule has 2 aromatic heterocycles. The standard InChI is InChI=1S/C11H13N3O4S/c1-14-7-5-9(13-14)4-6-12-19(16,17)11-3-2-10(8-15)18-11/h2-3,5,7-8,12H,4,6H2,1H3. The number of hydrogen-bond acceptors (Lipinski definition) is 5. The number of sulfonamides is 1. The molecule has 2 heterocycles. The minimum atomic E-state index is -3.72. The summed E-state index contributed by atoms with van der Waals surface area (Å²) in [6, 6.07) is 4.36. The smallest absolute Gasteiger partial charge is 0.273 e. The second-order valence-corrected chi connectivity index (χ2v) is 5.60. The minimum Gasteiger partial charge on any atom is -0.440 e. The highest BCUT2D eigenvalue weighted by Crippen LogP contribution is 2.12. The molecule has 8 heteroatoms. The van der Waals surface area contributed by atoms with Gasteiger partial charge < -0.3 is 4.42 Å². The fraction of sp³-hybridized carbons (Fsp3) is 0.273. The highest BCUT2D eigenvalue weighted by atomic mass is 32.2. The van der Waals surface area contributed by atoms with Crippen LogP contribution in [0.1, 0.15) is 16.2 Å². The van der Waals surface area contributed by atoms with Gasteiger partial charge in [-0.2, -0.15) is 5.10 Å². The number of nitrogens with one attached hydrogen (secondary N) is 1. The van der Waals surface area contributed by atoms with Gasteiger partial charge in [-0.25, -0.2) is 13.1 Å². The predicted molar refractivity (Wildman–Crippen MR) is 66.2 cm³/mol. The zero-order valence-electron chi connectivity index (χ0n) is 10.2. The van der Waals surface area contributed by atoms with Crippen LogP contribution in [-0.2, 0) is 23.5 Å². The van der Waals surface area contributed by atoms with Crippen molar-refractivity contribution in [1.82, 2.24) is 14.5 Å². The van der Waals surface area contributed by atoms with E-state index in [1.165, 1.54) is 12.1 Å². The Labute approximate surface area is 110 Å². The Balaban J connectivity index is 1.96. The molecule has 0 radical (unpaired) electrons. The first-order valence-corrected chi connectivity index (χ1v) is 7.03. The van der Waals surface area contributed by atoms with Crippen molar-refractivity contribution in [3.8, 4) is 0 Å². The van der Waals surface area contributed by atoms with Crippen LogP contribution in [0.4, 0.5) is 0 Å². The van der Waals surface area contributed by atoms with Gasteiger partial charge in [0.2, 0.25) is 5.09 Å². The molecule has 0 atom stereocenters. The molecule has 102 valence electrons. The van der Waals surface area contributed by atoms with Crippen LogP contribution in [0.5, 0.6) is 0 Å². The zero-order chi connectivity index (χ0) is 13.9. The van der Waals surface area contributed by atoms with Gasteiger partial charge in [-0.3, -0.25) is 9.48 Å². The topological polar surface area (TPSA) is 94.2 Å². The van der Waals surface area contributed by atoms with Gasteiger partial charge in [0.15, 0.2) is 12.0 Å². The Hall–Kier alpha value is -1.93. The highest BCUT2D eigenvalue weighted by Gasteiger charge is 2.18. The number of furan rings is 1. The van der Waals surface area contributed by atoms with Crippen LogP contribution in [0.25, 0.3) is 0 Å². The molecule has 0 saturated heterocycles. The molecule has 0 aliphatic carbocycles. The van der Waals surface area contributed by atoms with Crippen molar-refractivity contribution in [2.45, 2.75) is 11.5 Å². The highest BCUT2D eigenvalue weighted by molar-refractivity contribution is 7.89. The van der Waals surface area contributed by atoms with E-state index in [0.29, 0.717) is 12.7 Å². The maximum Gasteiger partial charge on any atom is 0.273 e. The first-order chi connectivity index (χ1) is 9.01. The van der Waals surface area contributed by atoms with Crippen LogP contribution < -0.4 is 4.72 Å². The summed E-state index contributed by atoms with van der Waals surface area (Å²) < 4.78 is 32.5. The summed E-state index contributed by atoms with van der Waals surface area (Å²) in [6.07, 6.45) is 2.71. The first-order valence-electron chi connectivity index (χ1n) is 5.54. The van der Waals surface area contributed by atoms with Crippen LogP contribution in [0, 0.1) is 0 Å². The van der Waals surface area contributed by atoms with E-state index in [-0.39, 0.29) is 17.4 Å². The SMILES string of the molecule is Cn1ccc(CCNS(=O)(=O)c2ccc(C=O)o2)n1. The van der Waals surface area contributed by atoms with E-state index in [2.05, 4.69) is 9.82 Å². The lowest BCUT2D eigenvalue weighted by Gasteiger charge is -2.02. The molecule has 0 amide bonds. The Morgan fingerprint density at radius 3 is 2.79 bits per heavy atom. The van der Waals surface area contributed by atoms with E-state index in [9.17, 15) is 13.2 Å². The number of carbonyl (C=O) groups excluding carboxylic acids is 1. The summed E-state index contributed by atoms with van der Waals surface area (Å²) in [5, 5.41) is 3.86. The summed E-state index contributed by atoms with van der Waals surface area (Å²) in [6.45, 7) is 0.205. The molecular formula is C11H13N3O4S. The quantitative estimate of drug-likeness (QED) is 0.772. The van der Waals surface area contributed by atoms with Gasteiger partial charge in [-0.15, -0.1) is 0 Å². The molecule has 0 aliphatic rings. The number of carbonyl (C=O) groups is 1. The average Bonchev–Trinajstić information content (AvgIpc) is 2.98. The fourth-order valence-electron chi connectivity index (χ4n) is 1.52. The Morgan fingerprint density at radius 2 is 2.21 bits per heavy atom. The van der Waals surface area contributed by atoms with E-state index in [0.717, 1.165) is 5.69 Å². The van der Waals surface area contributed by atoms with Crippen molar-refractivity contribution in [2.24, 2.45) is 7.05 Å². The zero-order valence-corrected chi connectivity index (χ0v) is 11.1. The van der Waals surface area contributed by atoms with Crippen LogP contribution in [-0.4, -0.2) is 31.0 Å². The van der Waals surface area contributed by atoms with Crippen molar-refractivity contribution in [3.05, 3.63) is 35.9 Å². The van der Waals surface area contributed by atoms with E-state index in [1.807, 2.05) is 6.07 Å². The second kappa shape index (κ2) is 5.37. The maximum atomic E-state index is 11.8. The lowest BCUT2D eigenvalue weighted by Crippen LogP contribution is -2.25. The minimum absolute atomic E-state index is 0.0231. The third-order valence-electron chi connectivity index (χ3n) is 2.43. The molecule has 19 heavy (non-hydrogen) atoms. The van der Waals surface area contributed by atoms with Crippen LogP contribution in [0.2, 0.25) is 0 Å². The maximum absolute atomic E-state index is 11.8. The number of aryl methyl sites for hydroxylation is 1. The summed E-state index contributed by atoms with van der Waals surface area (Å²) in [5.41, 5.74) is 0.790. The summed E-state index contributed by atoms with van der Waals surface area (Å²) in [4.78, 5) is 10.4. The van der Waals surface area contributed by atoms with Crippen LogP contribution >= 0.6 is 0 Å². The third-order valence-corrected chi connectivity index (χ3v) is 3.76. The molecular weight excluding hydrogens is 270 g/mol. The third kappa shape index (κ3) is 3.30. The van der Waals surface area contributed by atoms with Gasteiger partial charge in [0.25, 0.3) is 10.0 Å². The molecule has 0 saturated carbocycles. The average molecular weight is 283 g/mol. The van der Waals surface area contributed by atoms with Crippen molar-refractivity contribution >= 4 is 16.3 Å². The lowest BCUT2D eigenvalue weighted by atomic mass is 10.3. The van der Waals surface area contributed by atoms with Gasteiger partial charge in [-0.1, -0.05) is 0 Å². The Bertz CT molecular complexity index is 672. The number of aromatic nitrogens is 2. The van der Waals surface area contributed by atoms with Crippen LogP contribution in [0.15, 0.2) is 33.9 Å². The molecule has 0 fully saturated rings. The van der Waals surface area contributed by atoms with Gasteiger partial charge in [0.1, 0.15) is 0 Å². The molecule has 7 nitrogen and oxygen atoms in total. The second-order valence-electron chi connectivity index (χ2n) is 3.90. The molecule has 0 spiro atoms. The fourth-order valence-corrected chi connectivity index (χ4v) is 2.49. The molecule has 0 bridgehead atoms. The monoisotopic (exact) mass is 283 g/mol. The Morgan fingerprint density at radius 1 is 1.42 bits per heavy atom. The van der Waals surface area contributed by atoms with E-state index < -0.39 is 10.0 Å². The van der Waals surface area contributed by atoms with Gasteiger partial charge in [0, 0.05) is 26.2 Å². The summed E-state index contributed by atoms with van der Waals surface area (Å²) in [7, 11) is -1.93. The van der Waals surface area contributed by atoms with E-state index in [1.54, 1.807) is 17.9 Å². The Kier molecular flexibility index (Phi) is 3.82. The van der Waals surface area contributed by atoms with Crippen molar-refractivity contribution in [1.29, 1.82) is 0 Å². The van der Waals surface area contributed by atoms with Crippen LogP contribution in [0.3, 0.4) is 0 Å². The molecule has 0 aromatic carbocycles. The number of hydrogen-bond donors (Lipinski definition) is 1. The number of aldehydes is 1. The molecule has 2 aromatic rings. The first kappa shape index (κ1) is 13.5. The van der Waals surface area contributed by atoms with Gasteiger partial charge in [-0.05, 0) is 18.2 Å². The lowest BCUT2D eigenvalue weighted by molar-refractivity contribution is 0.109.